The van der Waals surface area contributed by atoms with Crippen LogP contribution in [0.4, 0.5) is 5.69 Å². The maximum absolute atomic E-state index is 12.6. The molecule has 4 aromatic rings. The molecule has 1 N–H and O–H groups in total. The van der Waals surface area contributed by atoms with Crippen LogP contribution in [-0.2, 0) is 24.2 Å². The monoisotopic (exact) mass is 492 g/mol. The summed E-state index contributed by atoms with van der Waals surface area (Å²) in [6.45, 7) is 1.80. The van der Waals surface area contributed by atoms with Crippen molar-refractivity contribution in [3.05, 3.63) is 82.3 Å². The molecule has 7 nitrogen and oxygen atoms in total. The van der Waals surface area contributed by atoms with Gasteiger partial charge < -0.3 is 19.4 Å². The molecule has 0 spiro atoms. The molecule has 1 amide bonds. The zero-order valence-electron chi connectivity index (χ0n) is 18.5. The van der Waals surface area contributed by atoms with Crippen molar-refractivity contribution in [2.24, 2.45) is 0 Å². The van der Waals surface area contributed by atoms with Crippen LogP contribution in [0.25, 0.3) is 0 Å². The summed E-state index contributed by atoms with van der Waals surface area (Å²) in [5.41, 5.74) is 1.93. The molecule has 0 unspecified atom stereocenters. The number of ether oxygens (including phenoxy) is 2. The van der Waals surface area contributed by atoms with Gasteiger partial charge in [-0.25, -0.2) is 0 Å². The Morgan fingerprint density at radius 1 is 1.03 bits per heavy atom. The highest BCUT2D eigenvalue weighted by atomic mass is 32.2. The van der Waals surface area contributed by atoms with E-state index in [1.54, 1.807) is 17.4 Å². The standard InChI is InChI=1S/C25H24N4O3S2/c30-24(26-19-8-9-21-22(15-19)32-13-12-31-21)17-34-25-28-27-23(16-20-7-4-14-33-20)29(25)11-10-18-5-2-1-3-6-18/h1-9,14-15H,10-13,16-17H2,(H,26,30). The normalized spacial score (nSPS) is 12.5. The van der Waals surface area contributed by atoms with Crippen LogP contribution >= 0.6 is 23.1 Å². The number of carbonyl (C=O) groups excluding carboxylic acids is 1. The molecule has 3 heterocycles. The first-order valence-corrected chi connectivity index (χ1v) is 12.9. The lowest BCUT2D eigenvalue weighted by Gasteiger charge is -2.19. The molecule has 0 saturated heterocycles. The summed E-state index contributed by atoms with van der Waals surface area (Å²) < 4.78 is 13.3. The summed E-state index contributed by atoms with van der Waals surface area (Å²) in [5, 5.41) is 14.6. The third kappa shape index (κ3) is 5.60. The number of hydrogen-bond donors (Lipinski definition) is 1. The molecule has 0 saturated carbocycles. The summed E-state index contributed by atoms with van der Waals surface area (Å²) >= 11 is 3.10. The predicted molar refractivity (Wildman–Crippen MR) is 134 cm³/mol. The van der Waals surface area contributed by atoms with Crippen molar-refractivity contribution < 1.29 is 14.3 Å². The van der Waals surface area contributed by atoms with Crippen LogP contribution in [0.1, 0.15) is 16.3 Å². The van der Waals surface area contributed by atoms with Crippen molar-refractivity contribution in [3.63, 3.8) is 0 Å². The maximum Gasteiger partial charge on any atom is 0.234 e. The van der Waals surface area contributed by atoms with E-state index in [0.717, 1.165) is 30.4 Å². The van der Waals surface area contributed by atoms with Gasteiger partial charge in [-0.3, -0.25) is 4.79 Å². The van der Waals surface area contributed by atoms with Gasteiger partial charge in [-0.15, -0.1) is 21.5 Å². The number of carbonyl (C=O) groups is 1. The van der Waals surface area contributed by atoms with Gasteiger partial charge in [0.25, 0.3) is 0 Å². The first kappa shape index (κ1) is 22.5. The average molecular weight is 493 g/mol. The number of thioether (sulfide) groups is 1. The van der Waals surface area contributed by atoms with Crippen LogP contribution in [0.2, 0.25) is 0 Å². The third-order valence-electron chi connectivity index (χ3n) is 5.33. The largest absolute Gasteiger partial charge is 0.486 e. The maximum atomic E-state index is 12.6. The minimum Gasteiger partial charge on any atom is -0.486 e. The average Bonchev–Trinajstić information content (AvgIpc) is 3.52. The molecule has 0 aliphatic carbocycles. The Kier molecular flexibility index (Phi) is 7.11. The summed E-state index contributed by atoms with van der Waals surface area (Å²) in [7, 11) is 0. The van der Waals surface area contributed by atoms with E-state index < -0.39 is 0 Å². The summed E-state index contributed by atoms with van der Waals surface area (Å²) in [6, 6.07) is 19.9. The number of nitrogens with zero attached hydrogens (tertiary/aromatic N) is 3. The number of aryl methyl sites for hydroxylation is 1. The lowest BCUT2D eigenvalue weighted by molar-refractivity contribution is -0.113. The van der Waals surface area contributed by atoms with Crippen LogP contribution < -0.4 is 14.8 Å². The van der Waals surface area contributed by atoms with Gasteiger partial charge in [0, 0.05) is 29.6 Å². The fourth-order valence-corrected chi connectivity index (χ4v) is 5.17. The van der Waals surface area contributed by atoms with E-state index in [9.17, 15) is 4.79 Å². The highest BCUT2D eigenvalue weighted by Gasteiger charge is 2.17. The van der Waals surface area contributed by atoms with Crippen LogP contribution in [0.3, 0.4) is 0 Å². The van der Waals surface area contributed by atoms with Crippen molar-refractivity contribution in [2.75, 3.05) is 24.3 Å². The van der Waals surface area contributed by atoms with Gasteiger partial charge in [0.2, 0.25) is 5.91 Å². The first-order chi connectivity index (χ1) is 16.7. The second kappa shape index (κ2) is 10.8. The zero-order valence-corrected chi connectivity index (χ0v) is 20.1. The number of anilines is 1. The number of hydrogen-bond acceptors (Lipinski definition) is 7. The zero-order chi connectivity index (χ0) is 23.2. The van der Waals surface area contributed by atoms with E-state index in [1.807, 2.05) is 36.4 Å². The molecule has 174 valence electrons. The van der Waals surface area contributed by atoms with Gasteiger partial charge in [-0.05, 0) is 35.6 Å². The molecule has 34 heavy (non-hydrogen) atoms. The lowest BCUT2D eigenvalue weighted by Crippen LogP contribution is -2.17. The van der Waals surface area contributed by atoms with Gasteiger partial charge in [0.05, 0.1) is 5.75 Å². The molecule has 0 atom stereocenters. The smallest absolute Gasteiger partial charge is 0.234 e. The van der Waals surface area contributed by atoms with E-state index in [-0.39, 0.29) is 11.7 Å². The summed E-state index contributed by atoms with van der Waals surface area (Å²) in [6.07, 6.45) is 1.59. The molecule has 1 aliphatic heterocycles. The van der Waals surface area contributed by atoms with Gasteiger partial charge >= 0.3 is 0 Å². The number of amides is 1. The molecular weight excluding hydrogens is 468 g/mol. The molecular formula is C25H24N4O3S2. The Balaban J connectivity index is 1.25. The van der Waals surface area contributed by atoms with Gasteiger partial charge in [-0.2, -0.15) is 0 Å². The van der Waals surface area contributed by atoms with E-state index >= 15 is 0 Å². The van der Waals surface area contributed by atoms with E-state index in [0.29, 0.717) is 30.4 Å². The number of benzene rings is 2. The minimum absolute atomic E-state index is 0.112. The van der Waals surface area contributed by atoms with Gasteiger partial charge in [0.1, 0.15) is 19.0 Å². The topological polar surface area (TPSA) is 78.3 Å². The van der Waals surface area contributed by atoms with Crippen molar-refractivity contribution >= 4 is 34.7 Å². The van der Waals surface area contributed by atoms with Crippen molar-refractivity contribution in [1.82, 2.24) is 14.8 Å². The molecule has 1 aliphatic rings. The van der Waals surface area contributed by atoms with Gasteiger partial charge in [-0.1, -0.05) is 48.2 Å². The Bertz CT molecular complexity index is 1240. The molecule has 0 radical (unpaired) electrons. The molecule has 0 bridgehead atoms. The van der Waals surface area contributed by atoms with E-state index in [2.05, 4.69) is 43.7 Å². The summed E-state index contributed by atoms with van der Waals surface area (Å²) in [5.74, 6) is 2.38. The number of nitrogens with one attached hydrogen (secondary N) is 1. The quantitative estimate of drug-likeness (QED) is 0.342. The highest BCUT2D eigenvalue weighted by molar-refractivity contribution is 7.99. The van der Waals surface area contributed by atoms with Gasteiger partial charge in [0.15, 0.2) is 16.7 Å². The molecule has 9 heteroatoms. The fourth-order valence-electron chi connectivity index (χ4n) is 3.68. The van der Waals surface area contributed by atoms with E-state index in [1.165, 1.54) is 22.2 Å². The number of rotatable bonds is 9. The highest BCUT2D eigenvalue weighted by Crippen LogP contribution is 2.32. The van der Waals surface area contributed by atoms with Crippen LogP contribution in [0, 0.1) is 0 Å². The van der Waals surface area contributed by atoms with Crippen molar-refractivity contribution in [2.45, 2.75) is 24.5 Å². The molecule has 0 fully saturated rings. The Labute approximate surface area is 206 Å². The van der Waals surface area contributed by atoms with Crippen molar-refractivity contribution in [3.8, 4) is 11.5 Å². The second-order valence-corrected chi connectivity index (χ2v) is 9.71. The lowest BCUT2D eigenvalue weighted by atomic mass is 10.1. The summed E-state index contributed by atoms with van der Waals surface area (Å²) in [4.78, 5) is 13.9. The van der Waals surface area contributed by atoms with Crippen LogP contribution in [0.15, 0.2) is 71.2 Å². The Morgan fingerprint density at radius 3 is 2.71 bits per heavy atom. The second-order valence-electron chi connectivity index (χ2n) is 7.74. The third-order valence-corrected chi connectivity index (χ3v) is 7.17. The van der Waals surface area contributed by atoms with Crippen LogP contribution in [-0.4, -0.2) is 39.6 Å². The number of fused-ring (bicyclic) bond motifs is 1. The first-order valence-electron chi connectivity index (χ1n) is 11.1. The Hall–Kier alpha value is -3.30. The molecule has 2 aromatic heterocycles. The molecule has 2 aromatic carbocycles. The fraction of sp³-hybridized carbons (Fsp3) is 0.240. The molecule has 5 rings (SSSR count). The number of thiophene rings is 1. The SMILES string of the molecule is O=C(CSc1nnc(Cc2cccs2)n1CCc1ccccc1)Nc1ccc2c(c1)OCCO2. The van der Waals surface area contributed by atoms with Crippen molar-refractivity contribution in [1.29, 1.82) is 0 Å². The minimum atomic E-state index is -0.112. The van der Waals surface area contributed by atoms with E-state index in [4.69, 9.17) is 9.47 Å². The van der Waals surface area contributed by atoms with Crippen LogP contribution in [0.5, 0.6) is 11.5 Å². The number of aromatic nitrogens is 3. The Morgan fingerprint density at radius 2 is 1.88 bits per heavy atom. The predicted octanol–water partition coefficient (Wildman–Crippen LogP) is 4.68.